The third-order valence-corrected chi connectivity index (χ3v) is 7.50. The predicted molar refractivity (Wildman–Crippen MR) is 107 cm³/mol. The number of nitrogens with zero attached hydrogens (tertiary/aromatic N) is 2. The van der Waals surface area contributed by atoms with Crippen LogP contribution in [0.25, 0.3) is 0 Å². The van der Waals surface area contributed by atoms with Gasteiger partial charge in [0.2, 0.25) is 0 Å². The molecule has 4 aliphatic rings. The molecule has 148 valence electrons. The van der Waals surface area contributed by atoms with Gasteiger partial charge in [-0.15, -0.1) is 0 Å². The summed E-state index contributed by atoms with van der Waals surface area (Å²) in [5.74, 6) is 1.64. The number of rotatable bonds is 3. The number of hydrogen-bond donors (Lipinski definition) is 2. The molecule has 4 atom stereocenters. The molecule has 0 spiro atoms. The monoisotopic (exact) mass is 362 g/mol. The van der Waals surface area contributed by atoms with Crippen LogP contribution in [-0.4, -0.2) is 61.8 Å². The highest BCUT2D eigenvalue weighted by Gasteiger charge is 2.59. The minimum atomic E-state index is 0.194. The summed E-state index contributed by atoms with van der Waals surface area (Å²) in [7, 11) is 1.91. The second-order valence-corrected chi connectivity index (χ2v) is 9.53. The summed E-state index contributed by atoms with van der Waals surface area (Å²) in [6.45, 7) is 8.04. The van der Waals surface area contributed by atoms with E-state index in [0.717, 1.165) is 18.6 Å². The van der Waals surface area contributed by atoms with E-state index in [1.54, 1.807) is 0 Å². The van der Waals surface area contributed by atoms with E-state index in [1.165, 1.54) is 64.5 Å². The molecule has 2 saturated heterocycles. The van der Waals surface area contributed by atoms with Crippen LogP contribution >= 0.6 is 0 Å². The van der Waals surface area contributed by atoms with Gasteiger partial charge in [0.1, 0.15) is 0 Å². The van der Waals surface area contributed by atoms with Crippen molar-refractivity contribution in [1.29, 1.82) is 0 Å². The standard InChI is InChI=1S/C21H38N4O/c1-21(2)18(17-11-13-26-19(17)21)24-20(22-3)23-15-8-7-12-25(14-15)16-9-5-4-6-10-16/h15-19H,4-14H2,1-3H3,(H2,22,23,24). The summed E-state index contributed by atoms with van der Waals surface area (Å²) >= 11 is 0. The van der Waals surface area contributed by atoms with E-state index in [0.29, 0.717) is 24.1 Å². The molecule has 4 fully saturated rings. The molecular weight excluding hydrogens is 324 g/mol. The number of fused-ring (bicyclic) bond motifs is 1. The lowest BCUT2D eigenvalue weighted by molar-refractivity contribution is -0.106. The van der Waals surface area contributed by atoms with Crippen molar-refractivity contribution < 1.29 is 4.74 Å². The Morgan fingerprint density at radius 1 is 1.04 bits per heavy atom. The van der Waals surface area contributed by atoms with Crippen molar-refractivity contribution >= 4 is 5.96 Å². The van der Waals surface area contributed by atoms with E-state index in [9.17, 15) is 0 Å². The second kappa shape index (κ2) is 7.67. The van der Waals surface area contributed by atoms with Crippen LogP contribution in [-0.2, 0) is 4.74 Å². The minimum Gasteiger partial charge on any atom is -0.377 e. The lowest BCUT2D eigenvalue weighted by Crippen LogP contribution is -2.68. The number of nitrogens with one attached hydrogen (secondary N) is 2. The van der Waals surface area contributed by atoms with Crippen molar-refractivity contribution in [3.63, 3.8) is 0 Å². The highest BCUT2D eigenvalue weighted by Crippen LogP contribution is 2.52. The molecule has 0 aromatic carbocycles. The van der Waals surface area contributed by atoms with Crippen LogP contribution in [0, 0.1) is 11.3 Å². The van der Waals surface area contributed by atoms with Crippen LogP contribution in [0.2, 0.25) is 0 Å². The van der Waals surface area contributed by atoms with Gasteiger partial charge in [-0.1, -0.05) is 33.1 Å². The van der Waals surface area contributed by atoms with Gasteiger partial charge >= 0.3 is 0 Å². The molecule has 0 amide bonds. The fourth-order valence-electron chi connectivity index (χ4n) is 6.03. The number of hydrogen-bond acceptors (Lipinski definition) is 3. The normalized spacial score (nSPS) is 38.5. The van der Waals surface area contributed by atoms with Crippen LogP contribution in [0.15, 0.2) is 4.99 Å². The van der Waals surface area contributed by atoms with E-state index in [1.807, 2.05) is 7.05 Å². The highest BCUT2D eigenvalue weighted by molar-refractivity contribution is 5.80. The quantitative estimate of drug-likeness (QED) is 0.599. The van der Waals surface area contributed by atoms with Crippen LogP contribution in [0.4, 0.5) is 0 Å². The van der Waals surface area contributed by atoms with Gasteiger partial charge < -0.3 is 15.4 Å². The largest absolute Gasteiger partial charge is 0.377 e. The van der Waals surface area contributed by atoms with Crippen LogP contribution < -0.4 is 10.6 Å². The summed E-state index contributed by atoms with van der Waals surface area (Å²) in [4.78, 5) is 7.31. The zero-order valence-electron chi connectivity index (χ0n) is 17.0. The predicted octanol–water partition coefficient (Wildman–Crippen LogP) is 2.76. The number of aliphatic imine (C=N–C) groups is 1. The second-order valence-electron chi connectivity index (χ2n) is 9.53. The Hall–Kier alpha value is -0.810. The maximum atomic E-state index is 5.94. The molecule has 2 aliphatic carbocycles. The van der Waals surface area contributed by atoms with E-state index in [4.69, 9.17) is 4.74 Å². The van der Waals surface area contributed by atoms with Crippen molar-refractivity contribution in [2.75, 3.05) is 26.7 Å². The van der Waals surface area contributed by atoms with Crippen LogP contribution in [0.3, 0.4) is 0 Å². The molecule has 2 aliphatic heterocycles. The van der Waals surface area contributed by atoms with Crippen molar-refractivity contribution in [2.24, 2.45) is 16.3 Å². The van der Waals surface area contributed by atoms with E-state index >= 15 is 0 Å². The molecule has 2 heterocycles. The third kappa shape index (κ3) is 3.49. The number of piperidine rings is 1. The molecule has 4 unspecified atom stereocenters. The van der Waals surface area contributed by atoms with Crippen molar-refractivity contribution in [2.45, 2.75) is 89.4 Å². The molecule has 2 saturated carbocycles. The molecule has 4 rings (SSSR count). The van der Waals surface area contributed by atoms with E-state index in [2.05, 4.69) is 34.4 Å². The molecule has 5 heteroatoms. The first-order chi connectivity index (χ1) is 12.6. The SMILES string of the molecule is CN=C(NC1CCCN(C2CCCCC2)C1)NC1C2CCOC2C1(C)C. The molecule has 5 nitrogen and oxygen atoms in total. The minimum absolute atomic E-state index is 0.194. The van der Waals surface area contributed by atoms with E-state index in [-0.39, 0.29) is 5.41 Å². The Morgan fingerprint density at radius 2 is 1.85 bits per heavy atom. The number of likely N-dealkylation sites (tertiary alicyclic amines) is 1. The first-order valence-electron chi connectivity index (χ1n) is 10.9. The summed E-state index contributed by atoms with van der Waals surface area (Å²) in [5.41, 5.74) is 0.194. The van der Waals surface area contributed by atoms with Gasteiger partial charge in [-0.3, -0.25) is 9.89 Å². The van der Waals surface area contributed by atoms with Crippen LogP contribution in [0.5, 0.6) is 0 Å². The maximum absolute atomic E-state index is 5.94. The molecule has 26 heavy (non-hydrogen) atoms. The third-order valence-electron chi connectivity index (χ3n) is 7.50. The van der Waals surface area contributed by atoms with Gasteiger partial charge in [0, 0.05) is 49.7 Å². The average molecular weight is 363 g/mol. The van der Waals surface area contributed by atoms with Gasteiger partial charge in [-0.05, 0) is 38.6 Å². The highest BCUT2D eigenvalue weighted by atomic mass is 16.5. The van der Waals surface area contributed by atoms with E-state index < -0.39 is 0 Å². The average Bonchev–Trinajstić information content (AvgIpc) is 3.13. The van der Waals surface area contributed by atoms with Crippen molar-refractivity contribution in [3.05, 3.63) is 0 Å². The molecule has 2 N–H and O–H groups in total. The molecule has 0 aromatic rings. The number of ether oxygens (including phenoxy) is 1. The zero-order valence-corrected chi connectivity index (χ0v) is 17.0. The molecule has 0 radical (unpaired) electrons. The first-order valence-corrected chi connectivity index (χ1v) is 10.9. The van der Waals surface area contributed by atoms with Gasteiger partial charge in [0.25, 0.3) is 0 Å². The van der Waals surface area contributed by atoms with Crippen molar-refractivity contribution in [3.8, 4) is 0 Å². The summed E-state index contributed by atoms with van der Waals surface area (Å²) in [5, 5.41) is 7.49. The van der Waals surface area contributed by atoms with Gasteiger partial charge in [-0.2, -0.15) is 0 Å². The topological polar surface area (TPSA) is 48.9 Å². The Labute approximate surface area is 159 Å². The molecule has 0 aromatic heterocycles. The first kappa shape index (κ1) is 18.5. The number of guanidine groups is 1. The Bertz CT molecular complexity index is 514. The Kier molecular flexibility index (Phi) is 5.47. The Morgan fingerprint density at radius 3 is 2.62 bits per heavy atom. The summed E-state index contributed by atoms with van der Waals surface area (Å²) in [6, 6.07) is 1.82. The fraction of sp³-hybridized carbons (Fsp3) is 0.952. The fourth-order valence-corrected chi connectivity index (χ4v) is 6.03. The Balaban J connectivity index is 1.32. The summed E-state index contributed by atoms with van der Waals surface area (Å²) < 4.78 is 5.94. The van der Waals surface area contributed by atoms with Gasteiger partial charge in [0.05, 0.1) is 6.10 Å². The lowest BCUT2D eigenvalue weighted by Gasteiger charge is -2.55. The summed E-state index contributed by atoms with van der Waals surface area (Å²) in [6.07, 6.45) is 11.2. The van der Waals surface area contributed by atoms with Gasteiger partial charge in [0.15, 0.2) is 5.96 Å². The zero-order chi connectivity index (χ0) is 18.1. The lowest BCUT2D eigenvalue weighted by atomic mass is 9.57. The molecule has 0 bridgehead atoms. The van der Waals surface area contributed by atoms with Gasteiger partial charge in [-0.25, -0.2) is 0 Å². The van der Waals surface area contributed by atoms with Crippen LogP contribution in [0.1, 0.15) is 65.2 Å². The smallest absolute Gasteiger partial charge is 0.191 e. The van der Waals surface area contributed by atoms with Crippen molar-refractivity contribution in [1.82, 2.24) is 15.5 Å². The maximum Gasteiger partial charge on any atom is 0.191 e. The molecular formula is C21H38N4O.